The van der Waals surface area contributed by atoms with Crippen LogP contribution in [-0.2, 0) is 0 Å². The molecule has 0 atom stereocenters. The third-order valence-corrected chi connectivity index (χ3v) is 16.7. The Kier molecular flexibility index (Phi) is 9.29. The maximum Gasteiger partial charge on any atom is 0.235 e. The Morgan fingerprint density at radius 3 is 1.21 bits per heavy atom. The molecule has 10 nitrogen and oxygen atoms in total. The lowest BCUT2D eigenvalue weighted by atomic mass is 9.95. The molecule has 82 heavy (non-hydrogen) atoms. The maximum atomic E-state index is 5.54. The van der Waals surface area contributed by atoms with Crippen LogP contribution >= 0.6 is 0 Å². The molecule has 18 rings (SSSR count). The lowest BCUT2D eigenvalue weighted by Gasteiger charge is -2.14. The molecule has 10 heteroatoms. The van der Waals surface area contributed by atoms with E-state index in [4.69, 9.17) is 39.9 Å². The molecule has 0 saturated carbocycles. The summed E-state index contributed by atoms with van der Waals surface area (Å²) in [5.74, 6) is 2.40. The van der Waals surface area contributed by atoms with Gasteiger partial charge in [-0.3, -0.25) is 9.13 Å². The number of benzene rings is 12. The van der Waals surface area contributed by atoms with Crippen LogP contribution in [0.4, 0.5) is 0 Å². The summed E-state index contributed by atoms with van der Waals surface area (Å²) in [4.78, 5) is 42.2. The monoisotopic (exact) mass is 1040 g/mol. The smallest absolute Gasteiger partial charge is 0.235 e. The van der Waals surface area contributed by atoms with Gasteiger partial charge in [0.15, 0.2) is 11.6 Å². The Labute approximate surface area is 465 Å². The maximum absolute atomic E-state index is 5.54. The largest absolute Gasteiger partial charge is 0.278 e. The van der Waals surface area contributed by atoms with Gasteiger partial charge in [0.25, 0.3) is 0 Å². The molecule has 0 aliphatic carbocycles. The van der Waals surface area contributed by atoms with Gasteiger partial charge in [-0.2, -0.15) is 0 Å². The van der Waals surface area contributed by atoms with Crippen LogP contribution in [0.2, 0.25) is 0 Å². The zero-order chi connectivity index (χ0) is 53.6. The summed E-state index contributed by atoms with van der Waals surface area (Å²) in [6.07, 6.45) is 7.84. The first-order valence-electron chi connectivity index (χ1n) is 27.4. The van der Waals surface area contributed by atoms with Gasteiger partial charge in [0.05, 0.1) is 22.1 Å². The van der Waals surface area contributed by atoms with Crippen LogP contribution < -0.4 is 0 Å². The predicted octanol–water partition coefficient (Wildman–Crippen LogP) is 17.3. The van der Waals surface area contributed by atoms with Gasteiger partial charge in [0, 0.05) is 79.0 Å². The molecule has 0 amide bonds. The lowest BCUT2D eigenvalue weighted by molar-refractivity contribution is 1.01. The first kappa shape index (κ1) is 44.6. The molecule has 6 heterocycles. The molecule has 0 aliphatic rings. The molecule has 0 fully saturated rings. The van der Waals surface area contributed by atoms with E-state index in [0.717, 1.165) is 147 Å². The highest BCUT2D eigenvalue weighted by Gasteiger charge is 2.22. The van der Waals surface area contributed by atoms with E-state index >= 15 is 0 Å². The predicted molar refractivity (Wildman–Crippen MR) is 334 cm³/mol. The fourth-order valence-electron chi connectivity index (χ4n) is 12.9. The van der Waals surface area contributed by atoms with Crippen molar-refractivity contribution in [2.75, 3.05) is 0 Å². The van der Waals surface area contributed by atoms with Gasteiger partial charge < -0.3 is 0 Å². The summed E-state index contributed by atoms with van der Waals surface area (Å²) in [6.45, 7) is 0. The minimum Gasteiger partial charge on any atom is -0.278 e. The lowest BCUT2D eigenvalue weighted by Crippen LogP contribution is -2.02. The first-order chi connectivity index (χ1) is 40.6. The van der Waals surface area contributed by atoms with Crippen molar-refractivity contribution in [1.82, 2.24) is 49.0 Å². The van der Waals surface area contributed by atoms with E-state index in [2.05, 4.69) is 228 Å². The highest BCUT2D eigenvalue weighted by molar-refractivity contribution is 6.24. The Morgan fingerprint density at radius 1 is 0.232 bits per heavy atom. The number of aromatic nitrogens is 10. The number of para-hydroxylation sites is 3. The van der Waals surface area contributed by atoms with E-state index in [-0.39, 0.29) is 0 Å². The molecular weight excluding hydrogens is 1000 g/mol. The molecule has 18 aromatic rings. The Hall–Kier alpha value is -11.4. The first-order valence-corrected chi connectivity index (χ1v) is 27.4. The van der Waals surface area contributed by atoms with Crippen LogP contribution in [0.25, 0.3) is 176 Å². The molecule has 0 bridgehead atoms. The molecule has 0 unspecified atom stereocenters. The third kappa shape index (κ3) is 6.51. The molecule has 6 aromatic heterocycles. The number of fused-ring (bicyclic) bond motifs is 20. The van der Waals surface area contributed by atoms with Crippen LogP contribution in [-0.4, -0.2) is 49.0 Å². The van der Waals surface area contributed by atoms with Crippen LogP contribution in [0, 0.1) is 0 Å². The summed E-state index contributed by atoms with van der Waals surface area (Å²) >= 11 is 0. The van der Waals surface area contributed by atoms with Gasteiger partial charge in [0.1, 0.15) is 22.1 Å². The number of nitrogens with zero attached hydrogens (tertiary/aromatic N) is 10. The van der Waals surface area contributed by atoms with Crippen molar-refractivity contribution >= 4 is 130 Å². The van der Waals surface area contributed by atoms with Crippen LogP contribution in [0.1, 0.15) is 0 Å². The second-order valence-electron chi connectivity index (χ2n) is 21.1. The second kappa shape index (κ2) is 17.1. The SMILES string of the molecule is c1ccc2cc(-c3ncc4c5ccccc5c5cnc(-n6c7ccccc7c7cc(-c8cc(-c9ncc%10c%11ccccc%11c%11cnc(-n%12c%13ccccc%13c%13ccccc%13%12)nc%11c%10n9)c9ccccc9c8)ccc76)nc5c4n3)ccc2c1. The molecule has 0 radical (unpaired) electrons. The van der Waals surface area contributed by atoms with E-state index in [1.54, 1.807) is 0 Å². The third-order valence-electron chi connectivity index (χ3n) is 16.7. The number of hydrogen-bond donors (Lipinski definition) is 0. The standard InChI is InChI=1S/C72H40N10/c1-2-16-42-33-45(30-29-41(42)15-1)69-73-37-57-48-19-5-7-21-50(48)59-39-76-72(79-67(59)65(57)77-69)82-63-28-14-11-25-54(63)55-35-43(31-32-64(55)82)46-34-44-17-3-4-18-47(44)56(36-46)70-74-38-58-49-20-6-8-22-51(49)60-40-75-71(80-68(60)66(58)78-70)81-61-26-12-9-23-52(61)53-24-10-13-27-62(53)81/h1-40H. The summed E-state index contributed by atoms with van der Waals surface area (Å²) in [6, 6.07) is 76.6. The molecular formula is C72H40N10. The zero-order valence-corrected chi connectivity index (χ0v) is 43.6. The summed E-state index contributed by atoms with van der Waals surface area (Å²) in [7, 11) is 0. The fraction of sp³-hybridized carbons (Fsp3) is 0. The number of hydrogen-bond acceptors (Lipinski definition) is 8. The molecule has 0 N–H and O–H groups in total. The minimum absolute atomic E-state index is 0.558. The van der Waals surface area contributed by atoms with Crippen LogP contribution in [0.3, 0.4) is 0 Å². The van der Waals surface area contributed by atoms with Crippen molar-refractivity contribution in [3.05, 3.63) is 243 Å². The van der Waals surface area contributed by atoms with Gasteiger partial charge >= 0.3 is 0 Å². The average Bonchev–Trinajstić information content (AvgIpc) is 2.57. The fourth-order valence-corrected chi connectivity index (χ4v) is 12.9. The minimum atomic E-state index is 0.558. The zero-order valence-electron chi connectivity index (χ0n) is 43.6. The van der Waals surface area contributed by atoms with E-state index in [1.807, 2.05) is 24.8 Å². The van der Waals surface area contributed by atoms with E-state index in [1.165, 1.54) is 5.39 Å². The molecule has 378 valence electrons. The molecule has 0 saturated heterocycles. The van der Waals surface area contributed by atoms with E-state index in [9.17, 15) is 0 Å². The van der Waals surface area contributed by atoms with Crippen molar-refractivity contribution < 1.29 is 0 Å². The second-order valence-corrected chi connectivity index (χ2v) is 21.1. The Morgan fingerprint density at radius 2 is 0.634 bits per heavy atom. The summed E-state index contributed by atoms with van der Waals surface area (Å²) in [5.41, 5.74) is 11.1. The topological polar surface area (TPSA) is 113 Å². The molecule has 0 aliphatic heterocycles. The normalized spacial score (nSPS) is 12.1. The number of rotatable bonds is 5. The van der Waals surface area contributed by atoms with Crippen molar-refractivity contribution in [1.29, 1.82) is 0 Å². The van der Waals surface area contributed by atoms with Crippen LogP contribution in [0.5, 0.6) is 0 Å². The quantitative estimate of drug-likeness (QED) is 0.157. The Bertz CT molecular complexity index is 5750. The molecule has 0 spiro atoms. The summed E-state index contributed by atoms with van der Waals surface area (Å²) in [5, 5.41) is 16.8. The summed E-state index contributed by atoms with van der Waals surface area (Å²) < 4.78 is 4.34. The van der Waals surface area contributed by atoms with Gasteiger partial charge in [-0.05, 0) is 103 Å². The van der Waals surface area contributed by atoms with Crippen molar-refractivity contribution in [2.45, 2.75) is 0 Å². The Balaban J connectivity index is 0.805. The molecule has 12 aromatic carbocycles. The van der Waals surface area contributed by atoms with E-state index < -0.39 is 0 Å². The van der Waals surface area contributed by atoms with Crippen LogP contribution in [0.15, 0.2) is 243 Å². The van der Waals surface area contributed by atoms with Crippen molar-refractivity contribution in [3.8, 4) is 45.8 Å². The highest BCUT2D eigenvalue weighted by atomic mass is 15.2. The highest BCUT2D eigenvalue weighted by Crippen LogP contribution is 2.42. The van der Waals surface area contributed by atoms with Gasteiger partial charge in [-0.25, -0.2) is 39.9 Å². The van der Waals surface area contributed by atoms with Gasteiger partial charge in [-0.15, -0.1) is 0 Å². The van der Waals surface area contributed by atoms with Crippen molar-refractivity contribution in [3.63, 3.8) is 0 Å². The average molecular weight is 1050 g/mol. The van der Waals surface area contributed by atoms with Gasteiger partial charge in [-0.1, -0.05) is 170 Å². The van der Waals surface area contributed by atoms with E-state index in [0.29, 0.717) is 23.5 Å². The van der Waals surface area contributed by atoms with Crippen molar-refractivity contribution in [2.24, 2.45) is 0 Å². The van der Waals surface area contributed by atoms with Gasteiger partial charge in [0.2, 0.25) is 11.9 Å².